The molecule has 1 N–H and O–H groups in total. The quantitative estimate of drug-likeness (QED) is 0.867. The summed E-state index contributed by atoms with van der Waals surface area (Å²) < 4.78 is 37.0. The van der Waals surface area contributed by atoms with Crippen LogP contribution in [-0.4, -0.2) is 10.8 Å². The molecule has 0 heterocycles. The predicted molar refractivity (Wildman–Crippen MR) is 67.4 cm³/mol. The minimum absolute atomic E-state index is 0.0326. The van der Waals surface area contributed by atoms with Crippen LogP contribution in [-0.2, 0) is 11.0 Å². The molecular formula is C12H9F3N2OS. The largest absolute Gasteiger partial charge is 0.416 e. The van der Waals surface area contributed by atoms with Crippen molar-refractivity contribution >= 4 is 28.7 Å². The molecule has 0 saturated heterocycles. The minimum Gasteiger partial charge on any atom is -0.349 e. The van der Waals surface area contributed by atoms with Gasteiger partial charge in [0.05, 0.1) is 11.6 Å². The van der Waals surface area contributed by atoms with Crippen molar-refractivity contribution in [1.82, 2.24) is 0 Å². The molecule has 100 valence electrons. The number of thiocarbonyl (C=S) groups is 1. The van der Waals surface area contributed by atoms with Crippen molar-refractivity contribution in [2.45, 2.75) is 13.1 Å². The second-order valence-corrected chi connectivity index (χ2v) is 4.18. The van der Waals surface area contributed by atoms with Crippen molar-refractivity contribution in [2.75, 3.05) is 5.32 Å². The highest BCUT2D eigenvalue weighted by molar-refractivity contribution is 7.80. The topological polar surface area (TPSA) is 52.9 Å². The van der Waals surface area contributed by atoms with Gasteiger partial charge in [-0.15, -0.1) is 0 Å². The summed E-state index contributed by atoms with van der Waals surface area (Å²) in [6.07, 6.45) is -4.41. The van der Waals surface area contributed by atoms with E-state index in [1.165, 1.54) is 19.1 Å². The number of ketones is 1. The number of nitrogens with one attached hydrogen (secondary N) is 1. The lowest BCUT2D eigenvalue weighted by Crippen LogP contribution is -2.25. The zero-order valence-corrected chi connectivity index (χ0v) is 10.6. The van der Waals surface area contributed by atoms with E-state index in [1.54, 1.807) is 6.07 Å². The summed E-state index contributed by atoms with van der Waals surface area (Å²) in [6.45, 7) is 1.22. The van der Waals surface area contributed by atoms with E-state index in [0.29, 0.717) is 5.69 Å². The van der Waals surface area contributed by atoms with Crippen molar-refractivity contribution in [3.63, 3.8) is 0 Å². The first kappa shape index (κ1) is 15.1. The van der Waals surface area contributed by atoms with Crippen molar-refractivity contribution in [1.29, 1.82) is 5.26 Å². The van der Waals surface area contributed by atoms with Crippen molar-refractivity contribution in [3.8, 4) is 6.07 Å². The predicted octanol–water partition coefficient (Wildman–Crippen LogP) is 3.17. The molecule has 0 aliphatic heterocycles. The van der Waals surface area contributed by atoms with Crippen LogP contribution in [0.4, 0.5) is 18.9 Å². The SMILES string of the molecule is CC(=O)C(C#N)C(=S)Nc1ccc(C(F)(F)F)cc1. The Morgan fingerprint density at radius 3 is 2.26 bits per heavy atom. The molecule has 0 saturated carbocycles. The van der Waals surface area contributed by atoms with Gasteiger partial charge in [-0.2, -0.15) is 18.4 Å². The molecule has 19 heavy (non-hydrogen) atoms. The van der Waals surface area contributed by atoms with E-state index in [2.05, 4.69) is 5.32 Å². The molecule has 0 radical (unpaired) electrons. The van der Waals surface area contributed by atoms with Crippen LogP contribution in [0.1, 0.15) is 12.5 Å². The van der Waals surface area contributed by atoms with Gasteiger partial charge in [0.2, 0.25) is 0 Å². The van der Waals surface area contributed by atoms with Crippen LogP contribution in [0, 0.1) is 17.2 Å². The first-order valence-electron chi connectivity index (χ1n) is 5.14. The molecule has 0 fully saturated rings. The smallest absolute Gasteiger partial charge is 0.349 e. The Balaban J connectivity index is 2.82. The lowest BCUT2D eigenvalue weighted by molar-refractivity contribution is -0.137. The molecule has 1 aromatic rings. The number of carbonyl (C=O) groups excluding carboxylic acids is 1. The van der Waals surface area contributed by atoms with E-state index in [1.807, 2.05) is 0 Å². The van der Waals surface area contributed by atoms with Gasteiger partial charge in [0.1, 0.15) is 4.99 Å². The number of hydrogen-bond donors (Lipinski definition) is 1. The van der Waals surface area contributed by atoms with Crippen LogP contribution in [0.25, 0.3) is 0 Å². The maximum absolute atomic E-state index is 12.3. The number of alkyl halides is 3. The fraction of sp³-hybridized carbons (Fsp3) is 0.250. The molecule has 0 bridgehead atoms. The third kappa shape index (κ3) is 4.03. The van der Waals surface area contributed by atoms with Gasteiger partial charge in [0, 0.05) is 5.69 Å². The molecule has 3 nitrogen and oxygen atoms in total. The number of carbonyl (C=O) groups is 1. The summed E-state index contributed by atoms with van der Waals surface area (Å²) >= 11 is 4.86. The third-order valence-corrected chi connectivity index (χ3v) is 2.62. The fourth-order valence-electron chi connectivity index (χ4n) is 1.29. The Bertz CT molecular complexity index is 531. The van der Waals surface area contributed by atoms with Gasteiger partial charge in [-0.25, -0.2) is 0 Å². The van der Waals surface area contributed by atoms with Crippen molar-refractivity contribution in [2.24, 2.45) is 5.92 Å². The second-order valence-electron chi connectivity index (χ2n) is 3.74. The summed E-state index contributed by atoms with van der Waals surface area (Å²) in [5.41, 5.74) is -0.494. The Morgan fingerprint density at radius 1 is 1.37 bits per heavy atom. The summed E-state index contributed by atoms with van der Waals surface area (Å²) in [4.78, 5) is 11.1. The number of anilines is 1. The van der Waals surface area contributed by atoms with E-state index in [9.17, 15) is 18.0 Å². The first-order valence-corrected chi connectivity index (χ1v) is 5.54. The molecule has 1 aromatic carbocycles. The molecule has 0 aromatic heterocycles. The second kappa shape index (κ2) is 5.80. The summed E-state index contributed by atoms with van der Waals surface area (Å²) in [5, 5.41) is 11.3. The van der Waals surface area contributed by atoms with Crippen LogP contribution < -0.4 is 5.32 Å². The van der Waals surface area contributed by atoms with Gasteiger partial charge in [-0.05, 0) is 31.2 Å². The van der Waals surface area contributed by atoms with Gasteiger partial charge in [0.15, 0.2) is 11.7 Å². The zero-order chi connectivity index (χ0) is 14.6. The Labute approximate surface area is 113 Å². The maximum Gasteiger partial charge on any atom is 0.416 e. The van der Waals surface area contributed by atoms with Gasteiger partial charge in [-0.1, -0.05) is 12.2 Å². The van der Waals surface area contributed by atoms with E-state index in [4.69, 9.17) is 17.5 Å². The van der Waals surface area contributed by atoms with Crippen molar-refractivity contribution < 1.29 is 18.0 Å². The van der Waals surface area contributed by atoms with E-state index < -0.39 is 23.4 Å². The standard InChI is InChI=1S/C12H9F3N2OS/c1-7(18)10(6-16)11(19)17-9-4-2-8(3-5-9)12(13,14)15/h2-5,10H,1H3,(H,17,19). The molecule has 0 aliphatic carbocycles. The number of halogens is 3. The number of rotatable bonds is 3. The highest BCUT2D eigenvalue weighted by atomic mass is 32.1. The first-order chi connectivity index (χ1) is 8.75. The molecule has 7 heteroatoms. The average molecular weight is 286 g/mol. The van der Waals surface area contributed by atoms with Gasteiger partial charge in [-0.3, -0.25) is 4.79 Å². The van der Waals surface area contributed by atoms with Gasteiger partial charge >= 0.3 is 6.18 Å². The molecule has 0 aliphatic rings. The normalized spacial score (nSPS) is 12.4. The Kier molecular flexibility index (Phi) is 4.62. The van der Waals surface area contributed by atoms with E-state index in [-0.39, 0.29) is 4.99 Å². The number of Topliss-reactive ketones (excluding diaryl/α,β-unsaturated/α-hetero) is 1. The van der Waals surface area contributed by atoms with Crippen molar-refractivity contribution in [3.05, 3.63) is 29.8 Å². The Morgan fingerprint density at radius 2 is 1.89 bits per heavy atom. The summed E-state index contributed by atoms with van der Waals surface area (Å²) in [7, 11) is 0. The third-order valence-electron chi connectivity index (χ3n) is 2.28. The highest BCUT2D eigenvalue weighted by Gasteiger charge is 2.30. The summed E-state index contributed by atoms with van der Waals surface area (Å²) in [5.74, 6) is -1.52. The van der Waals surface area contributed by atoms with Crippen LogP contribution in [0.15, 0.2) is 24.3 Å². The molecule has 0 spiro atoms. The van der Waals surface area contributed by atoms with Crippen LogP contribution in [0.3, 0.4) is 0 Å². The van der Waals surface area contributed by atoms with Crippen LogP contribution in [0.5, 0.6) is 0 Å². The van der Waals surface area contributed by atoms with Crippen LogP contribution >= 0.6 is 12.2 Å². The molecule has 1 atom stereocenters. The van der Waals surface area contributed by atoms with Crippen LogP contribution in [0.2, 0.25) is 0 Å². The number of nitriles is 1. The van der Waals surface area contributed by atoms with E-state index >= 15 is 0 Å². The fourth-order valence-corrected chi connectivity index (χ4v) is 1.63. The molecule has 1 unspecified atom stereocenters. The minimum atomic E-state index is -4.41. The number of nitrogens with zero attached hydrogens (tertiary/aromatic N) is 1. The highest BCUT2D eigenvalue weighted by Crippen LogP contribution is 2.29. The Hall–Kier alpha value is -1.94. The summed E-state index contributed by atoms with van der Waals surface area (Å²) in [6, 6.07) is 5.87. The maximum atomic E-state index is 12.3. The molecular weight excluding hydrogens is 277 g/mol. The average Bonchev–Trinajstić information content (AvgIpc) is 2.28. The molecule has 1 rings (SSSR count). The van der Waals surface area contributed by atoms with Gasteiger partial charge < -0.3 is 5.32 Å². The molecule has 0 amide bonds. The van der Waals surface area contributed by atoms with E-state index in [0.717, 1.165) is 12.1 Å². The van der Waals surface area contributed by atoms with Gasteiger partial charge in [0.25, 0.3) is 0 Å². The zero-order valence-electron chi connectivity index (χ0n) is 9.78. The lowest BCUT2D eigenvalue weighted by atomic mass is 10.1. The number of benzene rings is 1. The lowest BCUT2D eigenvalue weighted by Gasteiger charge is -2.12. The number of hydrogen-bond acceptors (Lipinski definition) is 3. The monoisotopic (exact) mass is 286 g/mol.